The molecular weight excluding hydrogens is 1570 g/mol. The SMILES string of the molecule is CC(=O)Oc1cc(OC(C)=O)c(Oc2cc(OC(C)=O)c(Oc3cc(OC(C)=O)c(OC(C)=O)c(OC(C)=O)c3Oc3cc(OC(C)=O)c(OC(C)=O)c(OC(C)=O)c3Oc3cc(OC(C)=O)c(Oc4cc(OC(C)=O)c(Oc5cc(OC(C)=O)c(O)c(OC(C)=O)c5)c(OC(C)=O)c4)c(OC(C)=O)c3)c(OC(C)=O)c2)c(OC(C)=O)c1. The van der Waals surface area contributed by atoms with Gasteiger partial charge in [-0.2, -0.15) is 0 Å². The Bertz CT molecular complexity index is 5140. The van der Waals surface area contributed by atoms with Gasteiger partial charge in [0.05, 0.1) is 0 Å². The number of phenolic OH excluding ortho intramolecular Hbond substituents is 1. The van der Waals surface area contributed by atoms with Gasteiger partial charge >= 0.3 is 101 Å². The van der Waals surface area contributed by atoms with Gasteiger partial charge in [0, 0.05) is 190 Å². The van der Waals surface area contributed by atoms with E-state index in [4.69, 9.17) is 109 Å². The topological polar surface area (TPSA) is 523 Å². The van der Waals surface area contributed by atoms with Crippen molar-refractivity contribution in [3.05, 3.63) is 72.8 Å². The summed E-state index contributed by atoms with van der Waals surface area (Å²) in [6, 6.07) is 10.0. The van der Waals surface area contributed by atoms with Crippen LogP contribution in [0.2, 0.25) is 0 Å². The van der Waals surface area contributed by atoms with E-state index in [1.165, 1.54) is 0 Å². The number of rotatable bonds is 29. The van der Waals surface area contributed by atoms with Gasteiger partial charge in [-0.3, -0.25) is 81.5 Å². The van der Waals surface area contributed by atoms with E-state index in [0.717, 1.165) is 178 Å². The van der Waals surface area contributed by atoms with Gasteiger partial charge in [0.2, 0.25) is 63.2 Å². The van der Waals surface area contributed by atoms with Gasteiger partial charge in [-0.25, -0.2) is 0 Å². The summed E-state index contributed by atoms with van der Waals surface area (Å²) in [5, 5.41) is 10.8. The summed E-state index contributed by atoms with van der Waals surface area (Å²) in [6.07, 6.45) is 0. The van der Waals surface area contributed by atoms with E-state index < -0.39 is 268 Å². The van der Waals surface area contributed by atoms with Crippen molar-refractivity contribution >= 4 is 101 Å². The van der Waals surface area contributed by atoms with Gasteiger partial charge < -0.3 is 114 Å². The summed E-state index contributed by atoms with van der Waals surface area (Å²) < 4.78 is 130. The molecule has 0 aromatic heterocycles. The van der Waals surface area contributed by atoms with Crippen molar-refractivity contribution in [3.63, 3.8) is 0 Å². The zero-order chi connectivity index (χ0) is 86.9. The van der Waals surface area contributed by atoms with Crippen LogP contribution in [0.3, 0.4) is 0 Å². The molecule has 7 aromatic rings. The molecule has 0 radical (unpaired) electrons. The van der Waals surface area contributed by atoms with Crippen LogP contribution in [0.15, 0.2) is 72.8 Å². The van der Waals surface area contributed by atoms with Crippen LogP contribution >= 0.6 is 0 Å². The van der Waals surface area contributed by atoms with E-state index in [1.807, 2.05) is 0 Å². The minimum absolute atomic E-state index is 0.362. The predicted molar refractivity (Wildman–Crippen MR) is 379 cm³/mol. The molecule has 0 spiro atoms. The summed E-state index contributed by atoms with van der Waals surface area (Å²) in [7, 11) is 0. The lowest BCUT2D eigenvalue weighted by atomic mass is 10.2. The first kappa shape index (κ1) is 88.3. The molecule has 41 nitrogen and oxygen atoms in total. The number of phenols is 1. The zero-order valence-corrected chi connectivity index (χ0v) is 64.2. The van der Waals surface area contributed by atoms with E-state index in [2.05, 4.69) is 0 Å². The van der Waals surface area contributed by atoms with Gasteiger partial charge in [0.15, 0.2) is 80.5 Å². The van der Waals surface area contributed by atoms with Crippen molar-refractivity contribution in [1.29, 1.82) is 0 Å². The monoisotopic (exact) mass is 1630 g/mol. The van der Waals surface area contributed by atoms with E-state index in [-0.39, 0.29) is 5.75 Å². The third-order valence-corrected chi connectivity index (χ3v) is 12.8. The Kier molecular flexibility index (Phi) is 29.0. The Balaban J connectivity index is 1.59. The molecular formula is C76H64O41. The van der Waals surface area contributed by atoms with Gasteiger partial charge in [0.25, 0.3) is 0 Å². The predicted octanol–water partition coefficient (Wildman–Crippen LogP) is 10.9. The summed E-state index contributed by atoms with van der Waals surface area (Å²) in [6.45, 7) is 14.9. The average molecular weight is 1630 g/mol. The average Bonchev–Trinajstić information content (AvgIpc) is 0.756. The van der Waals surface area contributed by atoms with E-state index in [1.54, 1.807) is 0 Å². The molecule has 0 fully saturated rings. The minimum atomic E-state index is -1.35. The van der Waals surface area contributed by atoms with Crippen LogP contribution < -0.4 is 109 Å². The van der Waals surface area contributed by atoms with Crippen LogP contribution in [-0.4, -0.2) is 107 Å². The summed E-state index contributed by atoms with van der Waals surface area (Å²) in [5.74, 6) is -44.1. The minimum Gasteiger partial charge on any atom is -0.502 e. The molecule has 7 rings (SSSR count). The largest absolute Gasteiger partial charge is 0.502 e. The lowest BCUT2D eigenvalue weighted by Gasteiger charge is -2.24. The Hall–Kier alpha value is -15.9. The molecule has 0 aliphatic carbocycles. The molecule has 41 heteroatoms. The van der Waals surface area contributed by atoms with Gasteiger partial charge in [-0.15, -0.1) is 0 Å². The number of esters is 17. The van der Waals surface area contributed by atoms with Gasteiger partial charge in [0.1, 0.15) is 28.7 Å². The van der Waals surface area contributed by atoms with Crippen LogP contribution in [0.5, 0.6) is 172 Å². The summed E-state index contributed by atoms with van der Waals surface area (Å²) in [5.41, 5.74) is 0. The fraction of sp³-hybridized carbons (Fsp3) is 0.224. The number of hydrogen-bond donors (Lipinski definition) is 1. The molecule has 0 aliphatic rings. The second kappa shape index (κ2) is 38.4. The maximum atomic E-state index is 13.6. The first-order chi connectivity index (χ1) is 54.8. The second-order valence-electron chi connectivity index (χ2n) is 23.2. The van der Waals surface area contributed by atoms with Crippen LogP contribution in [-0.2, 0) is 81.5 Å². The van der Waals surface area contributed by atoms with Crippen LogP contribution in [0, 0.1) is 0 Å². The number of benzene rings is 7. The molecule has 0 saturated heterocycles. The Morgan fingerprint density at radius 1 is 0.154 bits per heavy atom. The second-order valence-corrected chi connectivity index (χ2v) is 23.2. The summed E-state index contributed by atoms with van der Waals surface area (Å²) in [4.78, 5) is 220. The quantitative estimate of drug-likeness (QED) is 0.0336. The fourth-order valence-corrected chi connectivity index (χ4v) is 9.55. The highest BCUT2D eigenvalue weighted by Crippen LogP contribution is 2.61. The van der Waals surface area contributed by atoms with Crippen LogP contribution in [0.4, 0.5) is 0 Å². The van der Waals surface area contributed by atoms with Crippen molar-refractivity contribution in [2.75, 3.05) is 0 Å². The van der Waals surface area contributed by atoms with Gasteiger partial charge in [-0.05, 0) is 0 Å². The highest BCUT2D eigenvalue weighted by Gasteiger charge is 2.37. The molecule has 614 valence electrons. The van der Waals surface area contributed by atoms with Crippen molar-refractivity contribution in [2.24, 2.45) is 0 Å². The van der Waals surface area contributed by atoms with Crippen molar-refractivity contribution in [1.82, 2.24) is 0 Å². The number of aromatic hydroxyl groups is 1. The summed E-state index contributed by atoms with van der Waals surface area (Å²) >= 11 is 0. The van der Waals surface area contributed by atoms with E-state index in [9.17, 15) is 86.6 Å². The highest BCUT2D eigenvalue weighted by molar-refractivity contribution is 5.87. The molecule has 1 N–H and O–H groups in total. The number of carbonyl (C=O) groups excluding carboxylic acids is 17. The molecule has 0 atom stereocenters. The molecule has 0 bridgehead atoms. The Morgan fingerprint density at radius 3 is 0.530 bits per heavy atom. The third kappa shape index (κ3) is 25.1. The van der Waals surface area contributed by atoms with E-state index in [0.29, 0.717) is 12.1 Å². The molecule has 0 amide bonds. The fourth-order valence-electron chi connectivity index (χ4n) is 9.55. The lowest BCUT2D eigenvalue weighted by molar-refractivity contribution is -0.135. The Labute approximate surface area is 657 Å². The third-order valence-electron chi connectivity index (χ3n) is 12.8. The van der Waals surface area contributed by atoms with Crippen LogP contribution in [0.1, 0.15) is 118 Å². The number of carbonyl (C=O) groups is 17. The number of ether oxygens (including phenoxy) is 23. The maximum Gasteiger partial charge on any atom is 0.308 e. The molecule has 0 heterocycles. The molecule has 0 unspecified atom stereocenters. The standard InChI is InChI=1S/C76H64O41/c1-30(77)95-47-20-54(98-33(4)80)67(55(21-47)99-34(5)81)114-50-24-60(104-39(10)86)70(61(25-50)105-40(11)87)116-65-29-63(107-42(13)89)72(109-44(15)91)76(111-46(17)93)74(65)117-64-28-62(106-41(12)88)71(108-43(14)90)75(110-45(16)92)73(64)115-51-26-58(102-37(8)84)69(59(27-51)103-38(9)85)113-49-22-56(100-35(6)82)68(57(23-49)101-36(7)83)112-48-18-52(96-31(2)78)66(94)53(19-48)97-32(3)79/h18-29,94H,1-17H3. The molecule has 117 heavy (non-hydrogen) atoms. The van der Waals surface area contributed by atoms with Crippen molar-refractivity contribution < 1.29 is 196 Å². The first-order valence-corrected chi connectivity index (χ1v) is 33.0. The normalized spacial score (nSPS) is 10.4. The first-order valence-electron chi connectivity index (χ1n) is 33.0. The van der Waals surface area contributed by atoms with Crippen molar-refractivity contribution in [2.45, 2.75) is 118 Å². The highest BCUT2D eigenvalue weighted by atomic mass is 16.7. The number of hydrogen-bond acceptors (Lipinski definition) is 41. The maximum absolute atomic E-state index is 13.6. The van der Waals surface area contributed by atoms with Gasteiger partial charge in [-0.1, -0.05) is 0 Å². The smallest absolute Gasteiger partial charge is 0.308 e. The van der Waals surface area contributed by atoms with Crippen LogP contribution in [0.25, 0.3) is 0 Å². The lowest BCUT2D eigenvalue weighted by Crippen LogP contribution is -2.13. The Morgan fingerprint density at radius 2 is 0.308 bits per heavy atom. The van der Waals surface area contributed by atoms with E-state index >= 15 is 0 Å². The molecule has 0 saturated carbocycles. The molecule has 7 aromatic carbocycles. The molecule has 0 aliphatic heterocycles. The zero-order valence-electron chi connectivity index (χ0n) is 64.2. The van der Waals surface area contributed by atoms with Crippen molar-refractivity contribution in [3.8, 4) is 172 Å².